The van der Waals surface area contributed by atoms with Gasteiger partial charge in [-0.2, -0.15) is 0 Å². The summed E-state index contributed by atoms with van der Waals surface area (Å²) < 4.78 is 15.8. The molecule has 0 atom stereocenters. The zero-order valence-corrected chi connectivity index (χ0v) is 12.7. The topological polar surface area (TPSA) is 48.0 Å². The highest BCUT2D eigenvalue weighted by atomic mass is 16.5. The van der Waals surface area contributed by atoms with Crippen LogP contribution in [0.1, 0.15) is 12.8 Å². The fraction of sp³-hybridized carbons (Fsp3) is 0.562. The van der Waals surface area contributed by atoms with Gasteiger partial charge in [0.15, 0.2) is 6.61 Å². The molecule has 1 fully saturated rings. The van der Waals surface area contributed by atoms with Gasteiger partial charge in [-0.05, 0) is 30.9 Å². The first-order chi connectivity index (χ1) is 10.2. The van der Waals surface area contributed by atoms with Crippen molar-refractivity contribution in [1.82, 2.24) is 4.90 Å². The van der Waals surface area contributed by atoms with E-state index in [0.29, 0.717) is 11.7 Å². The summed E-state index contributed by atoms with van der Waals surface area (Å²) in [6.07, 6.45) is 2.00. The van der Waals surface area contributed by atoms with Crippen LogP contribution in [0.5, 0.6) is 11.5 Å². The van der Waals surface area contributed by atoms with Gasteiger partial charge >= 0.3 is 0 Å². The molecular weight excluding hydrogens is 270 g/mol. The number of likely N-dealkylation sites (tertiary alicyclic amines) is 1. The van der Waals surface area contributed by atoms with E-state index in [1.807, 2.05) is 23.1 Å². The number of amides is 1. The number of carbonyl (C=O) groups excluding carboxylic acids is 1. The van der Waals surface area contributed by atoms with Crippen molar-refractivity contribution < 1.29 is 19.0 Å². The number of benzene rings is 1. The van der Waals surface area contributed by atoms with Crippen molar-refractivity contribution in [2.24, 2.45) is 5.92 Å². The lowest BCUT2D eigenvalue weighted by Crippen LogP contribution is -2.41. The third-order valence-corrected chi connectivity index (χ3v) is 3.77. The van der Waals surface area contributed by atoms with Crippen molar-refractivity contribution in [2.45, 2.75) is 12.8 Å². The highest BCUT2D eigenvalue weighted by Gasteiger charge is 2.22. The van der Waals surface area contributed by atoms with Crippen LogP contribution in [0.15, 0.2) is 24.3 Å². The molecule has 0 aliphatic carbocycles. The van der Waals surface area contributed by atoms with Gasteiger partial charge in [-0.25, -0.2) is 0 Å². The average Bonchev–Trinajstić information content (AvgIpc) is 2.54. The standard InChI is InChI=1S/C16H23NO4/c1-19-11-13-6-8-17(9-7-13)16(18)12-21-15-5-3-4-14(10-15)20-2/h3-5,10,13H,6-9,11-12H2,1-2H3. The smallest absolute Gasteiger partial charge is 0.260 e. The second-order valence-electron chi connectivity index (χ2n) is 5.25. The molecule has 0 N–H and O–H groups in total. The molecule has 5 nitrogen and oxygen atoms in total. The third kappa shape index (κ3) is 4.63. The van der Waals surface area contributed by atoms with E-state index in [9.17, 15) is 4.79 Å². The number of hydrogen-bond donors (Lipinski definition) is 0. The maximum Gasteiger partial charge on any atom is 0.260 e. The first-order valence-corrected chi connectivity index (χ1v) is 7.26. The molecular formula is C16H23NO4. The molecule has 116 valence electrons. The van der Waals surface area contributed by atoms with E-state index in [1.54, 1.807) is 20.3 Å². The number of hydrogen-bond acceptors (Lipinski definition) is 4. The molecule has 0 spiro atoms. The minimum Gasteiger partial charge on any atom is -0.497 e. The van der Waals surface area contributed by atoms with Crippen LogP contribution in [0, 0.1) is 5.92 Å². The minimum atomic E-state index is 0.0358. The van der Waals surface area contributed by atoms with Crippen molar-refractivity contribution in [2.75, 3.05) is 40.5 Å². The van der Waals surface area contributed by atoms with Crippen molar-refractivity contribution in [3.63, 3.8) is 0 Å². The van der Waals surface area contributed by atoms with E-state index in [-0.39, 0.29) is 12.5 Å². The highest BCUT2D eigenvalue weighted by Crippen LogP contribution is 2.20. The predicted octanol–water partition coefficient (Wildman–Crippen LogP) is 1.96. The maximum atomic E-state index is 12.1. The Morgan fingerprint density at radius 3 is 2.62 bits per heavy atom. The van der Waals surface area contributed by atoms with E-state index in [2.05, 4.69) is 0 Å². The molecule has 0 saturated carbocycles. The predicted molar refractivity (Wildman–Crippen MR) is 79.7 cm³/mol. The molecule has 1 aliphatic heterocycles. The molecule has 5 heteroatoms. The Morgan fingerprint density at radius 1 is 1.24 bits per heavy atom. The summed E-state index contributed by atoms with van der Waals surface area (Å²) >= 11 is 0. The number of nitrogens with zero attached hydrogens (tertiary/aromatic N) is 1. The number of methoxy groups -OCH3 is 2. The monoisotopic (exact) mass is 293 g/mol. The zero-order valence-electron chi connectivity index (χ0n) is 12.7. The third-order valence-electron chi connectivity index (χ3n) is 3.77. The van der Waals surface area contributed by atoms with E-state index in [0.717, 1.165) is 38.3 Å². The fourth-order valence-electron chi connectivity index (χ4n) is 2.51. The lowest BCUT2D eigenvalue weighted by atomic mass is 9.98. The van der Waals surface area contributed by atoms with Gasteiger partial charge in [0.25, 0.3) is 5.91 Å². The molecule has 2 rings (SSSR count). The Hall–Kier alpha value is -1.75. The van der Waals surface area contributed by atoms with Crippen molar-refractivity contribution in [1.29, 1.82) is 0 Å². The second kappa shape index (κ2) is 7.88. The Bertz CT molecular complexity index is 455. The molecule has 0 bridgehead atoms. The second-order valence-corrected chi connectivity index (χ2v) is 5.25. The SMILES string of the molecule is COCC1CCN(C(=O)COc2cccc(OC)c2)CC1. The Balaban J connectivity index is 1.77. The van der Waals surface area contributed by atoms with Crippen LogP contribution in [0.3, 0.4) is 0 Å². The summed E-state index contributed by atoms with van der Waals surface area (Å²) in [5.41, 5.74) is 0. The van der Waals surface area contributed by atoms with Gasteiger partial charge in [0.2, 0.25) is 0 Å². The summed E-state index contributed by atoms with van der Waals surface area (Å²) in [5.74, 6) is 1.98. The lowest BCUT2D eigenvalue weighted by molar-refractivity contribution is -0.135. The highest BCUT2D eigenvalue weighted by molar-refractivity contribution is 5.77. The van der Waals surface area contributed by atoms with Crippen LogP contribution in [0.4, 0.5) is 0 Å². The van der Waals surface area contributed by atoms with Crippen molar-refractivity contribution in [3.8, 4) is 11.5 Å². The lowest BCUT2D eigenvalue weighted by Gasteiger charge is -2.31. The van der Waals surface area contributed by atoms with E-state index < -0.39 is 0 Å². The molecule has 1 aromatic rings. The van der Waals surface area contributed by atoms with Crippen LogP contribution < -0.4 is 9.47 Å². The normalized spacial score (nSPS) is 15.8. The van der Waals surface area contributed by atoms with Crippen molar-refractivity contribution >= 4 is 5.91 Å². The average molecular weight is 293 g/mol. The van der Waals surface area contributed by atoms with E-state index in [4.69, 9.17) is 14.2 Å². The van der Waals surface area contributed by atoms with Crippen LogP contribution in [-0.4, -0.2) is 51.3 Å². The Morgan fingerprint density at radius 2 is 1.95 bits per heavy atom. The quantitative estimate of drug-likeness (QED) is 0.804. The summed E-state index contributed by atoms with van der Waals surface area (Å²) in [5, 5.41) is 0. The Labute approximate surface area is 125 Å². The number of carbonyl (C=O) groups is 1. The van der Waals surface area contributed by atoms with Crippen LogP contribution in [0.25, 0.3) is 0 Å². The molecule has 0 aromatic heterocycles. The summed E-state index contributed by atoms with van der Waals surface area (Å²) in [4.78, 5) is 14.0. The van der Waals surface area contributed by atoms with Gasteiger partial charge < -0.3 is 19.1 Å². The number of piperidine rings is 1. The van der Waals surface area contributed by atoms with Gasteiger partial charge in [0.05, 0.1) is 7.11 Å². The zero-order chi connectivity index (χ0) is 15.1. The van der Waals surface area contributed by atoms with Crippen molar-refractivity contribution in [3.05, 3.63) is 24.3 Å². The van der Waals surface area contributed by atoms with Gasteiger partial charge in [-0.15, -0.1) is 0 Å². The molecule has 1 amide bonds. The van der Waals surface area contributed by atoms with Gasteiger partial charge in [0.1, 0.15) is 11.5 Å². The first-order valence-electron chi connectivity index (χ1n) is 7.26. The molecule has 21 heavy (non-hydrogen) atoms. The maximum absolute atomic E-state index is 12.1. The molecule has 1 saturated heterocycles. The minimum absolute atomic E-state index is 0.0358. The van der Waals surface area contributed by atoms with Crippen LogP contribution in [-0.2, 0) is 9.53 Å². The number of rotatable bonds is 6. The molecule has 1 aliphatic rings. The largest absolute Gasteiger partial charge is 0.497 e. The van der Waals surface area contributed by atoms with E-state index in [1.165, 1.54) is 0 Å². The van der Waals surface area contributed by atoms with Gasteiger partial charge in [-0.1, -0.05) is 6.07 Å². The Kier molecular flexibility index (Phi) is 5.87. The molecule has 0 radical (unpaired) electrons. The van der Waals surface area contributed by atoms with Gasteiger partial charge in [0, 0.05) is 32.9 Å². The van der Waals surface area contributed by atoms with Crippen LogP contribution in [0.2, 0.25) is 0 Å². The fourth-order valence-corrected chi connectivity index (χ4v) is 2.51. The van der Waals surface area contributed by atoms with E-state index >= 15 is 0 Å². The molecule has 1 heterocycles. The summed E-state index contributed by atoms with van der Waals surface area (Å²) in [6.45, 7) is 2.42. The number of ether oxygens (including phenoxy) is 3. The van der Waals surface area contributed by atoms with Gasteiger partial charge in [-0.3, -0.25) is 4.79 Å². The van der Waals surface area contributed by atoms with Crippen LogP contribution >= 0.6 is 0 Å². The molecule has 1 aromatic carbocycles. The first kappa shape index (κ1) is 15.6. The summed E-state index contributed by atoms with van der Waals surface area (Å²) in [6, 6.07) is 7.28. The summed E-state index contributed by atoms with van der Waals surface area (Å²) in [7, 11) is 3.33. The molecule has 0 unspecified atom stereocenters.